The molecule has 0 rings (SSSR count). The molecule has 4 heteroatoms. The number of hydrogen-bond acceptors (Lipinski definition) is 1. The lowest BCUT2D eigenvalue weighted by atomic mass is 10.4. The molecule has 0 aliphatic carbocycles. The van der Waals surface area contributed by atoms with Gasteiger partial charge in [0.05, 0.1) is 5.84 Å². The van der Waals surface area contributed by atoms with Gasteiger partial charge in [0.15, 0.2) is 0 Å². The molecule has 0 aromatic heterocycles. The van der Waals surface area contributed by atoms with E-state index in [-0.39, 0.29) is 6.04 Å². The number of alkyl halides is 2. The van der Waals surface area contributed by atoms with Crippen molar-refractivity contribution in [2.24, 2.45) is 4.99 Å². The summed E-state index contributed by atoms with van der Waals surface area (Å²) < 4.78 is 23.2. The highest BCUT2D eigenvalue weighted by Gasteiger charge is 2.00. The fourth-order valence-corrected chi connectivity index (χ4v) is 0.669. The predicted molar refractivity (Wildman–Crippen MR) is 42.3 cm³/mol. The van der Waals surface area contributed by atoms with Gasteiger partial charge in [0.25, 0.3) is 6.43 Å². The highest BCUT2D eigenvalue weighted by molar-refractivity contribution is 5.79. The van der Waals surface area contributed by atoms with Gasteiger partial charge in [-0.3, -0.25) is 4.99 Å². The lowest BCUT2D eigenvalue weighted by Crippen LogP contribution is -2.28. The van der Waals surface area contributed by atoms with Crippen LogP contribution >= 0.6 is 0 Å². The Bertz CT molecular complexity index is 132. The minimum atomic E-state index is -2.35. The first kappa shape index (κ1) is 10.3. The van der Waals surface area contributed by atoms with Crippen LogP contribution in [0.5, 0.6) is 0 Å². The van der Waals surface area contributed by atoms with Gasteiger partial charge >= 0.3 is 0 Å². The van der Waals surface area contributed by atoms with E-state index in [9.17, 15) is 8.78 Å². The number of halogens is 2. The molecule has 1 N–H and O–H groups in total. The van der Waals surface area contributed by atoms with Crippen molar-refractivity contribution in [2.75, 3.05) is 6.54 Å². The molecule has 0 aromatic carbocycles. The van der Waals surface area contributed by atoms with Gasteiger partial charge in [0, 0.05) is 6.04 Å². The third-order valence-electron chi connectivity index (χ3n) is 0.964. The predicted octanol–water partition coefficient (Wildman–Crippen LogP) is 1.67. The highest BCUT2D eigenvalue weighted by Crippen LogP contribution is 1.92. The summed E-state index contributed by atoms with van der Waals surface area (Å²) in [5.74, 6) is 0.570. The van der Waals surface area contributed by atoms with Crippen LogP contribution in [0.2, 0.25) is 0 Å². The Morgan fingerprint density at radius 1 is 1.45 bits per heavy atom. The first-order chi connectivity index (χ1) is 5.02. The molecule has 0 aromatic rings. The van der Waals surface area contributed by atoms with Crippen LogP contribution in [0.3, 0.4) is 0 Å². The minimum Gasteiger partial charge on any atom is -0.372 e. The summed E-state index contributed by atoms with van der Waals surface area (Å²) >= 11 is 0. The zero-order valence-corrected chi connectivity index (χ0v) is 7.06. The summed E-state index contributed by atoms with van der Waals surface area (Å²) in [5, 5.41) is 2.91. The molecule has 0 fully saturated rings. The molecule has 2 nitrogen and oxygen atoms in total. The number of nitrogens with one attached hydrogen (secondary N) is 1. The van der Waals surface area contributed by atoms with Crippen LogP contribution in [0.1, 0.15) is 20.8 Å². The standard InChI is InChI=1S/C7H14F2N2/c1-5(2)11-6(3)10-4-7(8)9/h5,7H,4H2,1-3H3,(H,10,11). The van der Waals surface area contributed by atoms with Crippen LogP contribution in [-0.2, 0) is 0 Å². The van der Waals surface area contributed by atoms with Gasteiger partial charge in [-0.25, -0.2) is 8.78 Å². The van der Waals surface area contributed by atoms with Gasteiger partial charge in [0.1, 0.15) is 6.54 Å². The molecule has 0 heterocycles. The van der Waals surface area contributed by atoms with E-state index in [1.165, 1.54) is 0 Å². The first-order valence-electron chi connectivity index (χ1n) is 3.58. The van der Waals surface area contributed by atoms with E-state index in [0.29, 0.717) is 5.84 Å². The zero-order chi connectivity index (χ0) is 8.85. The molecular formula is C7H14F2N2. The third-order valence-corrected chi connectivity index (χ3v) is 0.964. The molecule has 0 atom stereocenters. The number of rotatable bonds is 3. The van der Waals surface area contributed by atoms with E-state index in [1.54, 1.807) is 6.92 Å². The molecule has 0 spiro atoms. The summed E-state index contributed by atoms with van der Waals surface area (Å²) in [6, 6.07) is 0.247. The summed E-state index contributed by atoms with van der Waals surface area (Å²) in [4.78, 5) is 3.62. The average Bonchev–Trinajstić information content (AvgIpc) is 1.82. The smallest absolute Gasteiger partial charge is 0.257 e. The van der Waals surface area contributed by atoms with Gasteiger partial charge in [0.2, 0.25) is 0 Å². The van der Waals surface area contributed by atoms with Crippen molar-refractivity contribution >= 4 is 5.84 Å². The maximum Gasteiger partial charge on any atom is 0.257 e. The first-order valence-corrected chi connectivity index (χ1v) is 3.58. The minimum absolute atomic E-state index is 0.247. The molecule has 0 radical (unpaired) electrons. The number of hydrogen-bond donors (Lipinski definition) is 1. The van der Waals surface area contributed by atoms with E-state index in [4.69, 9.17) is 0 Å². The maximum absolute atomic E-state index is 11.6. The monoisotopic (exact) mass is 164 g/mol. The number of aliphatic imine (C=N–C) groups is 1. The maximum atomic E-state index is 11.6. The quantitative estimate of drug-likeness (QED) is 0.498. The molecule has 0 amide bonds. The van der Waals surface area contributed by atoms with E-state index >= 15 is 0 Å². The van der Waals surface area contributed by atoms with Crippen LogP contribution in [0.15, 0.2) is 4.99 Å². The Hall–Kier alpha value is -0.670. The van der Waals surface area contributed by atoms with Crippen molar-refractivity contribution in [1.29, 1.82) is 0 Å². The summed E-state index contributed by atoms with van der Waals surface area (Å²) in [6.07, 6.45) is -2.35. The Morgan fingerprint density at radius 2 is 2.00 bits per heavy atom. The van der Waals surface area contributed by atoms with E-state index < -0.39 is 13.0 Å². The fourth-order valence-electron chi connectivity index (χ4n) is 0.669. The molecule has 11 heavy (non-hydrogen) atoms. The van der Waals surface area contributed by atoms with Crippen molar-refractivity contribution in [1.82, 2.24) is 5.32 Å². The van der Waals surface area contributed by atoms with Crippen molar-refractivity contribution in [2.45, 2.75) is 33.2 Å². The van der Waals surface area contributed by atoms with Gasteiger partial charge in [-0.1, -0.05) is 0 Å². The summed E-state index contributed by atoms with van der Waals surface area (Å²) in [5.41, 5.74) is 0. The normalized spacial score (nSPS) is 12.8. The third kappa shape index (κ3) is 7.22. The molecule has 66 valence electrons. The van der Waals surface area contributed by atoms with E-state index in [2.05, 4.69) is 10.3 Å². The van der Waals surface area contributed by atoms with Crippen molar-refractivity contribution in [3.63, 3.8) is 0 Å². The van der Waals surface area contributed by atoms with Crippen molar-refractivity contribution < 1.29 is 8.78 Å². The molecule has 0 saturated heterocycles. The van der Waals surface area contributed by atoms with Crippen LogP contribution in [-0.4, -0.2) is 24.8 Å². The summed E-state index contributed by atoms with van der Waals surface area (Å²) in [7, 11) is 0. The fraction of sp³-hybridized carbons (Fsp3) is 0.857. The van der Waals surface area contributed by atoms with E-state index in [0.717, 1.165) is 0 Å². The van der Waals surface area contributed by atoms with Crippen molar-refractivity contribution in [3.8, 4) is 0 Å². The van der Waals surface area contributed by atoms with Crippen LogP contribution in [0.4, 0.5) is 8.78 Å². The number of nitrogens with zero attached hydrogens (tertiary/aromatic N) is 1. The summed E-state index contributed by atoms with van der Waals surface area (Å²) in [6.45, 7) is 5.14. The van der Waals surface area contributed by atoms with Crippen LogP contribution in [0, 0.1) is 0 Å². The second-order valence-corrected chi connectivity index (χ2v) is 2.62. The Kier molecular flexibility index (Phi) is 4.74. The van der Waals surface area contributed by atoms with Gasteiger partial charge in [-0.05, 0) is 20.8 Å². The Morgan fingerprint density at radius 3 is 2.36 bits per heavy atom. The molecular weight excluding hydrogens is 150 g/mol. The topological polar surface area (TPSA) is 24.4 Å². The van der Waals surface area contributed by atoms with Gasteiger partial charge < -0.3 is 5.32 Å². The SMILES string of the molecule is CC(=NCC(F)F)NC(C)C. The van der Waals surface area contributed by atoms with Gasteiger partial charge in [-0.15, -0.1) is 0 Å². The zero-order valence-electron chi connectivity index (χ0n) is 7.06. The Balaban J connectivity index is 3.63. The molecule has 0 unspecified atom stereocenters. The second-order valence-electron chi connectivity index (χ2n) is 2.62. The van der Waals surface area contributed by atoms with Crippen LogP contribution in [0.25, 0.3) is 0 Å². The molecule has 0 aliphatic rings. The van der Waals surface area contributed by atoms with Crippen molar-refractivity contribution in [3.05, 3.63) is 0 Å². The molecule has 0 bridgehead atoms. The largest absolute Gasteiger partial charge is 0.372 e. The average molecular weight is 164 g/mol. The second kappa shape index (κ2) is 5.04. The van der Waals surface area contributed by atoms with E-state index in [1.807, 2.05) is 13.8 Å². The molecule has 0 aliphatic heterocycles. The Labute approximate surface area is 65.7 Å². The lowest BCUT2D eigenvalue weighted by Gasteiger charge is -2.08. The highest BCUT2D eigenvalue weighted by atomic mass is 19.3. The van der Waals surface area contributed by atoms with Gasteiger partial charge in [-0.2, -0.15) is 0 Å². The molecule has 0 saturated carbocycles. The number of amidine groups is 1. The van der Waals surface area contributed by atoms with Crippen LogP contribution < -0.4 is 5.32 Å². The lowest BCUT2D eigenvalue weighted by molar-refractivity contribution is 0.158.